The SMILES string of the molecule is CC(C)n1nnnc1SCC(=O)Nc1ccc(Br)cc1. The van der Waals surface area contributed by atoms with Gasteiger partial charge in [0.2, 0.25) is 11.1 Å². The molecule has 1 aromatic heterocycles. The summed E-state index contributed by atoms with van der Waals surface area (Å²) in [6.07, 6.45) is 0. The van der Waals surface area contributed by atoms with E-state index in [1.165, 1.54) is 11.8 Å². The molecular formula is C12H14BrN5OS. The van der Waals surface area contributed by atoms with Crippen molar-refractivity contribution in [3.63, 3.8) is 0 Å². The number of aromatic nitrogens is 4. The number of anilines is 1. The van der Waals surface area contributed by atoms with Crippen molar-refractivity contribution in [1.29, 1.82) is 0 Å². The molecule has 0 fully saturated rings. The van der Waals surface area contributed by atoms with Crippen molar-refractivity contribution < 1.29 is 4.79 Å². The molecule has 1 amide bonds. The third-order valence-corrected chi connectivity index (χ3v) is 3.87. The van der Waals surface area contributed by atoms with Crippen LogP contribution in [0.15, 0.2) is 33.9 Å². The lowest BCUT2D eigenvalue weighted by Gasteiger charge is -2.07. The van der Waals surface area contributed by atoms with Crippen molar-refractivity contribution in [3.8, 4) is 0 Å². The molecule has 0 aliphatic carbocycles. The van der Waals surface area contributed by atoms with Crippen molar-refractivity contribution in [2.75, 3.05) is 11.1 Å². The van der Waals surface area contributed by atoms with Crippen LogP contribution in [-0.2, 0) is 4.79 Å². The lowest BCUT2D eigenvalue weighted by Crippen LogP contribution is -2.15. The minimum absolute atomic E-state index is 0.0874. The Kier molecular flexibility index (Phi) is 5.13. The smallest absolute Gasteiger partial charge is 0.234 e. The second-order valence-electron chi connectivity index (χ2n) is 4.34. The van der Waals surface area contributed by atoms with Crippen LogP contribution < -0.4 is 5.32 Å². The van der Waals surface area contributed by atoms with Gasteiger partial charge < -0.3 is 5.32 Å². The number of carbonyl (C=O) groups is 1. The van der Waals surface area contributed by atoms with Gasteiger partial charge in [0.25, 0.3) is 0 Å². The first-order valence-electron chi connectivity index (χ1n) is 6.02. The Labute approximate surface area is 129 Å². The van der Waals surface area contributed by atoms with Gasteiger partial charge in [-0.15, -0.1) is 5.10 Å². The zero-order valence-corrected chi connectivity index (χ0v) is 13.5. The number of nitrogens with zero attached hydrogens (tertiary/aromatic N) is 4. The summed E-state index contributed by atoms with van der Waals surface area (Å²) in [5.41, 5.74) is 0.766. The van der Waals surface area contributed by atoms with Gasteiger partial charge in [-0.05, 0) is 48.5 Å². The van der Waals surface area contributed by atoms with Gasteiger partial charge in [-0.3, -0.25) is 4.79 Å². The third-order valence-electron chi connectivity index (χ3n) is 2.41. The van der Waals surface area contributed by atoms with Crippen LogP contribution >= 0.6 is 27.7 Å². The second-order valence-corrected chi connectivity index (χ2v) is 6.20. The maximum Gasteiger partial charge on any atom is 0.234 e. The number of rotatable bonds is 5. The summed E-state index contributed by atoms with van der Waals surface area (Å²) in [5.74, 6) is 0.180. The molecule has 1 heterocycles. The average molecular weight is 356 g/mol. The number of thioether (sulfide) groups is 1. The molecule has 0 saturated carbocycles. The first-order valence-corrected chi connectivity index (χ1v) is 7.80. The molecule has 20 heavy (non-hydrogen) atoms. The molecule has 6 nitrogen and oxygen atoms in total. The number of halogens is 1. The zero-order valence-electron chi connectivity index (χ0n) is 11.1. The van der Waals surface area contributed by atoms with Crippen LogP contribution in [0.2, 0.25) is 0 Å². The van der Waals surface area contributed by atoms with Crippen molar-refractivity contribution in [1.82, 2.24) is 20.2 Å². The molecule has 2 rings (SSSR count). The summed E-state index contributed by atoms with van der Waals surface area (Å²) < 4.78 is 2.67. The quantitative estimate of drug-likeness (QED) is 0.834. The first kappa shape index (κ1) is 15.0. The van der Waals surface area contributed by atoms with Gasteiger partial charge >= 0.3 is 0 Å². The molecule has 2 aromatic rings. The van der Waals surface area contributed by atoms with E-state index in [0.717, 1.165) is 10.2 Å². The predicted octanol–water partition coefficient (Wildman–Crippen LogP) is 2.75. The maximum atomic E-state index is 11.9. The first-order chi connectivity index (χ1) is 9.56. The monoisotopic (exact) mass is 355 g/mol. The van der Waals surface area contributed by atoms with E-state index in [2.05, 4.69) is 36.8 Å². The van der Waals surface area contributed by atoms with E-state index in [4.69, 9.17) is 0 Å². The molecule has 0 aliphatic heterocycles. The predicted molar refractivity (Wildman–Crippen MR) is 81.7 cm³/mol. The Hall–Kier alpha value is -1.41. The van der Waals surface area contributed by atoms with Crippen molar-refractivity contribution in [2.45, 2.75) is 25.0 Å². The fourth-order valence-corrected chi connectivity index (χ4v) is 2.54. The van der Waals surface area contributed by atoms with Gasteiger partial charge in [-0.1, -0.05) is 27.7 Å². The largest absolute Gasteiger partial charge is 0.325 e. The van der Waals surface area contributed by atoms with Crippen LogP contribution in [0.4, 0.5) is 5.69 Å². The minimum Gasteiger partial charge on any atom is -0.325 e. The molecule has 0 bridgehead atoms. The molecule has 8 heteroatoms. The molecule has 1 aromatic carbocycles. The molecule has 0 atom stereocenters. The van der Waals surface area contributed by atoms with Gasteiger partial charge in [0.1, 0.15) is 0 Å². The number of hydrogen-bond donors (Lipinski definition) is 1. The number of tetrazole rings is 1. The van der Waals surface area contributed by atoms with Crippen LogP contribution in [0.3, 0.4) is 0 Å². The molecule has 0 unspecified atom stereocenters. The fourth-order valence-electron chi connectivity index (χ4n) is 1.46. The van der Waals surface area contributed by atoms with Crippen molar-refractivity contribution >= 4 is 39.3 Å². The van der Waals surface area contributed by atoms with Gasteiger partial charge in [0.15, 0.2) is 0 Å². The van der Waals surface area contributed by atoms with E-state index in [1.54, 1.807) is 4.68 Å². The topological polar surface area (TPSA) is 72.7 Å². The van der Waals surface area contributed by atoms with Crippen LogP contribution in [0, 0.1) is 0 Å². The van der Waals surface area contributed by atoms with Crippen LogP contribution in [0.5, 0.6) is 0 Å². The summed E-state index contributed by atoms with van der Waals surface area (Å²) >= 11 is 4.67. The van der Waals surface area contributed by atoms with Crippen LogP contribution in [-0.4, -0.2) is 31.9 Å². The molecule has 0 spiro atoms. The fraction of sp³-hybridized carbons (Fsp3) is 0.333. The van der Waals surface area contributed by atoms with Crippen molar-refractivity contribution in [3.05, 3.63) is 28.7 Å². The van der Waals surface area contributed by atoms with Gasteiger partial charge in [-0.25, -0.2) is 4.68 Å². The number of benzene rings is 1. The van der Waals surface area contributed by atoms with Gasteiger partial charge in [0.05, 0.1) is 11.8 Å². The highest BCUT2D eigenvalue weighted by Crippen LogP contribution is 2.18. The van der Waals surface area contributed by atoms with E-state index in [0.29, 0.717) is 5.16 Å². The van der Waals surface area contributed by atoms with Gasteiger partial charge in [-0.2, -0.15) is 0 Å². The minimum atomic E-state index is -0.0874. The number of hydrogen-bond acceptors (Lipinski definition) is 5. The van der Waals surface area contributed by atoms with E-state index in [1.807, 2.05) is 38.1 Å². The lowest BCUT2D eigenvalue weighted by molar-refractivity contribution is -0.113. The highest BCUT2D eigenvalue weighted by Gasteiger charge is 2.12. The Bertz CT molecular complexity index is 584. The molecule has 106 valence electrons. The average Bonchev–Trinajstić information content (AvgIpc) is 2.88. The third kappa shape index (κ3) is 4.04. The van der Waals surface area contributed by atoms with Crippen molar-refractivity contribution in [2.24, 2.45) is 0 Å². The lowest BCUT2D eigenvalue weighted by atomic mass is 10.3. The molecule has 0 radical (unpaired) electrons. The van der Waals surface area contributed by atoms with E-state index < -0.39 is 0 Å². The maximum absolute atomic E-state index is 11.9. The highest BCUT2D eigenvalue weighted by atomic mass is 79.9. The summed E-state index contributed by atoms with van der Waals surface area (Å²) in [6.45, 7) is 3.98. The number of amides is 1. The zero-order chi connectivity index (χ0) is 14.5. The molecule has 0 aliphatic rings. The Morgan fingerprint density at radius 2 is 2.10 bits per heavy atom. The molecular weight excluding hydrogens is 342 g/mol. The van der Waals surface area contributed by atoms with E-state index in [9.17, 15) is 4.79 Å². The number of nitrogens with one attached hydrogen (secondary N) is 1. The Balaban J connectivity index is 1.89. The molecule has 0 saturated heterocycles. The van der Waals surface area contributed by atoms with E-state index >= 15 is 0 Å². The normalized spacial score (nSPS) is 10.8. The Morgan fingerprint density at radius 1 is 1.40 bits per heavy atom. The van der Waals surface area contributed by atoms with Crippen LogP contribution in [0.25, 0.3) is 0 Å². The van der Waals surface area contributed by atoms with E-state index in [-0.39, 0.29) is 17.7 Å². The van der Waals surface area contributed by atoms with Gasteiger partial charge in [0, 0.05) is 10.2 Å². The highest BCUT2D eigenvalue weighted by molar-refractivity contribution is 9.10. The summed E-state index contributed by atoms with van der Waals surface area (Å²) in [7, 11) is 0. The second kappa shape index (κ2) is 6.85. The summed E-state index contributed by atoms with van der Waals surface area (Å²) in [5, 5.41) is 14.9. The summed E-state index contributed by atoms with van der Waals surface area (Å²) in [4.78, 5) is 11.9. The summed E-state index contributed by atoms with van der Waals surface area (Å²) in [6, 6.07) is 7.60. The molecule has 1 N–H and O–H groups in total. The van der Waals surface area contributed by atoms with Crippen LogP contribution in [0.1, 0.15) is 19.9 Å². The Morgan fingerprint density at radius 3 is 2.75 bits per heavy atom. The standard InChI is InChI=1S/C12H14BrN5OS/c1-8(2)18-12(15-16-17-18)20-7-11(19)14-10-5-3-9(13)4-6-10/h3-6,8H,7H2,1-2H3,(H,14,19). The number of carbonyl (C=O) groups excluding carboxylic acids is 1.